The molecule has 6 heteroatoms. The number of carbonyl (C=O) groups excluding carboxylic acids is 2. The summed E-state index contributed by atoms with van der Waals surface area (Å²) in [6.45, 7) is 4.58. The van der Waals surface area contributed by atoms with Gasteiger partial charge in [-0.3, -0.25) is 9.59 Å². The average molecular weight is 308 g/mol. The monoisotopic (exact) mass is 308 g/mol. The lowest BCUT2D eigenvalue weighted by atomic mass is 10.2. The molecule has 1 aromatic rings. The van der Waals surface area contributed by atoms with Crippen LogP contribution in [0.4, 0.5) is 5.69 Å². The summed E-state index contributed by atoms with van der Waals surface area (Å²) >= 11 is 0. The second kappa shape index (κ2) is 8.92. The van der Waals surface area contributed by atoms with Gasteiger partial charge in [0, 0.05) is 32.5 Å². The van der Waals surface area contributed by atoms with Crippen LogP contribution in [0.1, 0.15) is 26.7 Å². The van der Waals surface area contributed by atoms with E-state index < -0.39 is 0 Å². The number of amides is 2. The molecule has 2 amide bonds. The summed E-state index contributed by atoms with van der Waals surface area (Å²) in [6.07, 6.45) is 1.11. The first-order valence-electron chi connectivity index (χ1n) is 7.29. The number of methoxy groups -OCH3 is 2. The highest BCUT2D eigenvalue weighted by molar-refractivity contribution is 5.92. The first kappa shape index (κ1) is 17.8. The first-order chi connectivity index (χ1) is 10.5. The molecule has 0 fully saturated rings. The van der Waals surface area contributed by atoms with E-state index in [-0.39, 0.29) is 18.2 Å². The number of hydrogen-bond donors (Lipinski definition) is 1. The Balaban J connectivity index is 2.63. The van der Waals surface area contributed by atoms with Gasteiger partial charge in [0.2, 0.25) is 11.8 Å². The number of rotatable bonds is 8. The zero-order valence-electron chi connectivity index (χ0n) is 13.6. The maximum atomic E-state index is 12.0. The summed E-state index contributed by atoms with van der Waals surface area (Å²) in [5.41, 5.74) is 0.582. The third-order valence-corrected chi connectivity index (χ3v) is 3.23. The Hall–Kier alpha value is -2.24. The van der Waals surface area contributed by atoms with Crippen LogP contribution in [0, 0.1) is 0 Å². The molecule has 0 heterocycles. The number of ether oxygens (including phenoxy) is 2. The molecule has 0 bridgehead atoms. The maximum absolute atomic E-state index is 12.0. The van der Waals surface area contributed by atoms with Gasteiger partial charge in [-0.15, -0.1) is 0 Å². The van der Waals surface area contributed by atoms with Crippen LogP contribution >= 0.6 is 0 Å². The fourth-order valence-corrected chi connectivity index (χ4v) is 2.05. The third kappa shape index (κ3) is 5.27. The molecule has 1 rings (SSSR count). The lowest BCUT2D eigenvalue weighted by molar-refractivity contribution is -0.129. The fourth-order valence-electron chi connectivity index (χ4n) is 2.05. The standard InChI is InChI=1S/C16H24N2O4/c1-5-9-18(12(2)19)10-8-16(20)17-14-7-6-13(21-3)11-15(14)22-4/h6-7,11H,5,8-10H2,1-4H3,(H,17,20). The van der Waals surface area contributed by atoms with E-state index in [0.29, 0.717) is 30.3 Å². The van der Waals surface area contributed by atoms with Gasteiger partial charge in [0.1, 0.15) is 11.5 Å². The molecule has 122 valence electrons. The van der Waals surface area contributed by atoms with Crippen molar-refractivity contribution in [3.05, 3.63) is 18.2 Å². The predicted molar refractivity (Wildman–Crippen MR) is 85.3 cm³/mol. The molecule has 0 radical (unpaired) electrons. The molecule has 0 aliphatic carbocycles. The molecule has 0 saturated carbocycles. The zero-order valence-corrected chi connectivity index (χ0v) is 13.6. The van der Waals surface area contributed by atoms with Crippen molar-refractivity contribution in [2.75, 3.05) is 32.6 Å². The molecular formula is C16H24N2O4. The highest BCUT2D eigenvalue weighted by Gasteiger charge is 2.12. The number of nitrogens with one attached hydrogen (secondary N) is 1. The topological polar surface area (TPSA) is 67.9 Å². The normalized spacial score (nSPS) is 10.0. The predicted octanol–water partition coefficient (Wildman–Crippen LogP) is 2.29. The summed E-state index contributed by atoms with van der Waals surface area (Å²) in [7, 11) is 3.10. The van der Waals surface area contributed by atoms with Crippen molar-refractivity contribution in [3.8, 4) is 11.5 Å². The Morgan fingerprint density at radius 3 is 2.45 bits per heavy atom. The van der Waals surface area contributed by atoms with Crippen LogP contribution in [0.25, 0.3) is 0 Å². The van der Waals surface area contributed by atoms with E-state index in [1.807, 2.05) is 6.92 Å². The highest BCUT2D eigenvalue weighted by atomic mass is 16.5. The van der Waals surface area contributed by atoms with E-state index in [4.69, 9.17) is 9.47 Å². The number of nitrogens with zero attached hydrogens (tertiary/aromatic N) is 1. The van der Waals surface area contributed by atoms with Gasteiger partial charge < -0.3 is 19.7 Å². The first-order valence-corrected chi connectivity index (χ1v) is 7.29. The minimum Gasteiger partial charge on any atom is -0.497 e. The molecule has 0 atom stereocenters. The summed E-state index contributed by atoms with van der Waals surface area (Å²) in [5, 5.41) is 2.79. The number of benzene rings is 1. The summed E-state index contributed by atoms with van der Waals surface area (Å²) in [6, 6.07) is 5.18. The molecule has 0 aliphatic rings. The average Bonchev–Trinajstić information content (AvgIpc) is 2.51. The second-order valence-electron chi connectivity index (χ2n) is 4.87. The van der Waals surface area contributed by atoms with Crippen molar-refractivity contribution in [3.63, 3.8) is 0 Å². The summed E-state index contributed by atoms with van der Waals surface area (Å²) in [4.78, 5) is 25.1. The number of carbonyl (C=O) groups is 2. The van der Waals surface area contributed by atoms with E-state index in [1.165, 1.54) is 14.0 Å². The van der Waals surface area contributed by atoms with Crippen molar-refractivity contribution in [1.82, 2.24) is 4.90 Å². The Bertz CT molecular complexity index is 517. The molecule has 22 heavy (non-hydrogen) atoms. The van der Waals surface area contributed by atoms with Crippen LogP contribution in [-0.2, 0) is 9.59 Å². The second-order valence-corrected chi connectivity index (χ2v) is 4.87. The van der Waals surface area contributed by atoms with E-state index >= 15 is 0 Å². The van der Waals surface area contributed by atoms with Crippen molar-refractivity contribution in [2.45, 2.75) is 26.7 Å². The highest BCUT2D eigenvalue weighted by Crippen LogP contribution is 2.29. The van der Waals surface area contributed by atoms with Crippen LogP contribution in [0.2, 0.25) is 0 Å². The van der Waals surface area contributed by atoms with E-state index in [9.17, 15) is 9.59 Å². The molecular weight excluding hydrogens is 284 g/mol. The smallest absolute Gasteiger partial charge is 0.226 e. The van der Waals surface area contributed by atoms with E-state index in [0.717, 1.165) is 6.42 Å². The van der Waals surface area contributed by atoms with Gasteiger partial charge in [0.05, 0.1) is 19.9 Å². The van der Waals surface area contributed by atoms with E-state index in [2.05, 4.69) is 5.32 Å². The Kier molecular flexibility index (Phi) is 7.22. The molecule has 0 saturated heterocycles. The zero-order chi connectivity index (χ0) is 16.5. The molecule has 1 N–H and O–H groups in total. The van der Waals surface area contributed by atoms with E-state index in [1.54, 1.807) is 30.2 Å². The van der Waals surface area contributed by atoms with Crippen LogP contribution in [0.5, 0.6) is 11.5 Å². The number of hydrogen-bond acceptors (Lipinski definition) is 4. The van der Waals surface area contributed by atoms with Crippen LogP contribution in [0.3, 0.4) is 0 Å². The summed E-state index contributed by atoms with van der Waals surface area (Å²) < 4.78 is 10.3. The van der Waals surface area contributed by atoms with Crippen LogP contribution < -0.4 is 14.8 Å². The SMILES string of the molecule is CCCN(CCC(=O)Nc1ccc(OC)cc1OC)C(C)=O. The van der Waals surface area contributed by atoms with Gasteiger partial charge in [0.15, 0.2) is 0 Å². The molecule has 1 aromatic carbocycles. The largest absolute Gasteiger partial charge is 0.497 e. The van der Waals surface area contributed by atoms with Gasteiger partial charge in [-0.1, -0.05) is 6.92 Å². The molecule has 0 aromatic heterocycles. The van der Waals surface area contributed by atoms with Gasteiger partial charge >= 0.3 is 0 Å². The lowest BCUT2D eigenvalue weighted by Gasteiger charge is -2.20. The Labute approximate surface area is 131 Å². The van der Waals surface area contributed by atoms with Crippen molar-refractivity contribution in [2.24, 2.45) is 0 Å². The van der Waals surface area contributed by atoms with Crippen molar-refractivity contribution < 1.29 is 19.1 Å². The Morgan fingerprint density at radius 2 is 1.91 bits per heavy atom. The molecule has 0 spiro atoms. The maximum Gasteiger partial charge on any atom is 0.226 e. The molecule has 0 unspecified atom stereocenters. The van der Waals surface area contributed by atoms with Crippen molar-refractivity contribution in [1.29, 1.82) is 0 Å². The van der Waals surface area contributed by atoms with Gasteiger partial charge in [0.25, 0.3) is 0 Å². The Morgan fingerprint density at radius 1 is 1.18 bits per heavy atom. The molecule has 0 aliphatic heterocycles. The fraction of sp³-hybridized carbons (Fsp3) is 0.500. The lowest BCUT2D eigenvalue weighted by Crippen LogP contribution is -2.32. The third-order valence-electron chi connectivity index (χ3n) is 3.23. The van der Waals surface area contributed by atoms with Gasteiger partial charge in [-0.25, -0.2) is 0 Å². The van der Waals surface area contributed by atoms with Crippen LogP contribution in [0.15, 0.2) is 18.2 Å². The summed E-state index contributed by atoms with van der Waals surface area (Å²) in [5.74, 6) is 1.01. The molecule has 6 nitrogen and oxygen atoms in total. The van der Waals surface area contributed by atoms with Gasteiger partial charge in [-0.05, 0) is 18.6 Å². The minimum atomic E-state index is -0.161. The van der Waals surface area contributed by atoms with Crippen molar-refractivity contribution >= 4 is 17.5 Å². The van der Waals surface area contributed by atoms with Gasteiger partial charge in [-0.2, -0.15) is 0 Å². The number of anilines is 1. The quantitative estimate of drug-likeness (QED) is 0.800. The minimum absolute atomic E-state index is 0.0170. The van der Waals surface area contributed by atoms with Crippen LogP contribution in [-0.4, -0.2) is 44.0 Å².